The molecule has 2 fully saturated rings. The van der Waals surface area contributed by atoms with E-state index in [4.69, 9.17) is 0 Å². The van der Waals surface area contributed by atoms with Crippen molar-refractivity contribution in [2.45, 2.75) is 69.5 Å². The predicted molar refractivity (Wildman–Crippen MR) is 98.0 cm³/mol. The zero-order chi connectivity index (χ0) is 15.5. The Morgan fingerprint density at radius 2 is 1.81 bits per heavy atom. The van der Waals surface area contributed by atoms with Gasteiger partial charge in [-0.2, -0.15) is 0 Å². The van der Waals surface area contributed by atoms with Crippen molar-refractivity contribution in [2.75, 3.05) is 11.5 Å². The topological polar surface area (TPSA) is 20.2 Å². The molecule has 1 spiro atoms. The molecule has 2 aliphatic rings. The van der Waals surface area contributed by atoms with Crippen LogP contribution in [0.4, 0.5) is 0 Å². The summed E-state index contributed by atoms with van der Waals surface area (Å²) in [5.41, 5.74) is 2.21. The largest absolute Gasteiger partial charge is 0.390 e. The Balaban J connectivity index is 2.11. The number of hydrogen-bond donors (Lipinski definition) is 1. The highest BCUT2D eigenvalue weighted by atomic mass is 32.2. The maximum Gasteiger partial charge on any atom is 0.0686 e. The minimum Gasteiger partial charge on any atom is -0.390 e. The molecule has 0 aromatic heterocycles. The molecule has 0 aromatic rings. The first kappa shape index (κ1) is 17.5. The highest BCUT2D eigenvalue weighted by molar-refractivity contribution is 8.18. The van der Waals surface area contributed by atoms with E-state index in [2.05, 4.69) is 56.4 Å². The number of hydrogen-bond acceptors (Lipinski definition) is 3. The van der Waals surface area contributed by atoms with Crippen LogP contribution in [0.1, 0.15) is 59.8 Å². The van der Waals surface area contributed by atoms with Crippen molar-refractivity contribution in [2.24, 2.45) is 5.92 Å². The van der Waals surface area contributed by atoms with Crippen molar-refractivity contribution >= 4 is 23.5 Å². The van der Waals surface area contributed by atoms with E-state index in [1.54, 1.807) is 0 Å². The monoisotopic (exact) mass is 326 g/mol. The van der Waals surface area contributed by atoms with Gasteiger partial charge in [-0.15, -0.1) is 23.5 Å². The average molecular weight is 327 g/mol. The van der Waals surface area contributed by atoms with E-state index >= 15 is 0 Å². The molecule has 0 radical (unpaired) electrons. The van der Waals surface area contributed by atoms with E-state index in [0.717, 1.165) is 25.7 Å². The lowest BCUT2D eigenvalue weighted by Crippen LogP contribution is -2.46. The van der Waals surface area contributed by atoms with Gasteiger partial charge >= 0.3 is 0 Å². The summed E-state index contributed by atoms with van der Waals surface area (Å²) in [6.45, 7) is 8.55. The maximum absolute atomic E-state index is 10.9. The van der Waals surface area contributed by atoms with Crippen LogP contribution in [0.3, 0.4) is 0 Å². The molecular weight excluding hydrogens is 296 g/mol. The van der Waals surface area contributed by atoms with Gasteiger partial charge in [0.25, 0.3) is 0 Å². The van der Waals surface area contributed by atoms with E-state index in [-0.39, 0.29) is 0 Å². The van der Waals surface area contributed by atoms with Gasteiger partial charge in [-0.25, -0.2) is 0 Å². The molecule has 1 nitrogen and oxygen atoms in total. The first-order valence-electron chi connectivity index (χ1n) is 8.15. The Kier molecular flexibility index (Phi) is 5.95. The van der Waals surface area contributed by atoms with E-state index in [9.17, 15) is 5.11 Å². The molecule has 1 aliphatic heterocycles. The summed E-state index contributed by atoms with van der Waals surface area (Å²) < 4.78 is 0.372. The van der Waals surface area contributed by atoms with Crippen LogP contribution in [0.2, 0.25) is 0 Å². The summed E-state index contributed by atoms with van der Waals surface area (Å²) >= 11 is 4.30. The molecule has 2 rings (SSSR count). The zero-order valence-corrected chi connectivity index (χ0v) is 15.6. The van der Waals surface area contributed by atoms with Crippen molar-refractivity contribution in [3.05, 3.63) is 23.3 Å². The maximum atomic E-state index is 10.9. The van der Waals surface area contributed by atoms with Crippen molar-refractivity contribution in [3.8, 4) is 0 Å². The first-order valence-corrected chi connectivity index (χ1v) is 10.1. The number of aliphatic hydroxyl groups is 1. The second-order valence-electron chi connectivity index (χ2n) is 7.04. The van der Waals surface area contributed by atoms with E-state index in [1.807, 2.05) is 6.92 Å². The summed E-state index contributed by atoms with van der Waals surface area (Å²) in [7, 11) is 0. The molecular formula is C18H30OS2. The van der Waals surface area contributed by atoms with E-state index in [1.165, 1.54) is 29.1 Å². The van der Waals surface area contributed by atoms with Crippen LogP contribution in [0.25, 0.3) is 0 Å². The normalized spacial score (nSPS) is 33.0. The van der Waals surface area contributed by atoms with Crippen molar-refractivity contribution in [1.29, 1.82) is 0 Å². The molecule has 0 bridgehead atoms. The average Bonchev–Trinajstić information content (AvgIpc) is 2.42. The summed E-state index contributed by atoms with van der Waals surface area (Å²) in [4.78, 5) is 0. The van der Waals surface area contributed by atoms with Crippen LogP contribution in [-0.2, 0) is 0 Å². The van der Waals surface area contributed by atoms with Crippen LogP contribution in [0, 0.1) is 5.92 Å². The van der Waals surface area contributed by atoms with Crippen molar-refractivity contribution in [1.82, 2.24) is 0 Å². The Hall–Kier alpha value is 0.140. The van der Waals surface area contributed by atoms with Gasteiger partial charge in [0.2, 0.25) is 0 Å². The van der Waals surface area contributed by atoms with Gasteiger partial charge in [-0.1, -0.05) is 23.3 Å². The van der Waals surface area contributed by atoms with Crippen molar-refractivity contribution < 1.29 is 5.11 Å². The number of allylic oxidation sites excluding steroid dienone is 3. The van der Waals surface area contributed by atoms with Gasteiger partial charge in [0, 0.05) is 5.92 Å². The molecule has 2 atom stereocenters. The highest BCUT2D eigenvalue weighted by Gasteiger charge is 2.47. The van der Waals surface area contributed by atoms with Gasteiger partial charge in [0.1, 0.15) is 0 Å². The standard InChI is InChI=1S/C18H30OS2/c1-14(2)7-5-8-15(3)16-13-18(10-9-17(16,4)19)20-11-6-12-21-18/h7-8,16,19H,5-6,9-13H2,1-4H3/b15-8+/t16-,17-/m1/s1. The second-order valence-corrected chi connectivity index (χ2v) is 10.3. The molecule has 0 aromatic carbocycles. The Morgan fingerprint density at radius 3 is 2.43 bits per heavy atom. The van der Waals surface area contributed by atoms with Gasteiger partial charge in [0.05, 0.1) is 9.68 Å². The molecule has 1 saturated carbocycles. The lowest BCUT2D eigenvalue weighted by atomic mass is 9.72. The summed E-state index contributed by atoms with van der Waals surface area (Å²) in [5.74, 6) is 2.90. The van der Waals surface area contributed by atoms with Gasteiger partial charge in [-0.3, -0.25) is 0 Å². The quantitative estimate of drug-likeness (QED) is 0.701. The zero-order valence-electron chi connectivity index (χ0n) is 13.9. The van der Waals surface area contributed by atoms with Crippen LogP contribution in [0.15, 0.2) is 23.3 Å². The lowest BCUT2D eigenvalue weighted by Gasteiger charge is -2.49. The lowest BCUT2D eigenvalue weighted by molar-refractivity contribution is -0.0178. The number of rotatable bonds is 3. The third-order valence-electron chi connectivity index (χ3n) is 4.81. The van der Waals surface area contributed by atoms with Crippen LogP contribution in [0.5, 0.6) is 0 Å². The minimum absolute atomic E-state index is 0.315. The summed E-state index contributed by atoms with van der Waals surface area (Å²) in [5, 5.41) is 10.9. The minimum atomic E-state index is -0.532. The predicted octanol–water partition coefficient (Wildman–Crippen LogP) is 5.41. The van der Waals surface area contributed by atoms with E-state index < -0.39 is 5.60 Å². The molecule has 120 valence electrons. The molecule has 1 saturated heterocycles. The van der Waals surface area contributed by atoms with Crippen LogP contribution < -0.4 is 0 Å². The van der Waals surface area contributed by atoms with Crippen LogP contribution in [-0.4, -0.2) is 26.3 Å². The SMILES string of the molecule is CC(C)=CC/C=C(\C)[C@H]1CC2(CC[C@@]1(C)O)SCCCS2. The molecule has 21 heavy (non-hydrogen) atoms. The molecule has 1 N–H and O–H groups in total. The summed E-state index contributed by atoms with van der Waals surface area (Å²) in [6.07, 6.45) is 10.1. The molecule has 1 aliphatic carbocycles. The van der Waals surface area contributed by atoms with Crippen LogP contribution >= 0.6 is 23.5 Å². The molecule has 0 amide bonds. The third kappa shape index (κ3) is 4.56. The second kappa shape index (κ2) is 7.14. The molecule has 3 heteroatoms. The fraction of sp³-hybridized carbons (Fsp3) is 0.778. The highest BCUT2D eigenvalue weighted by Crippen LogP contribution is 2.56. The molecule has 1 heterocycles. The Bertz CT molecular complexity index is 413. The third-order valence-corrected chi connectivity index (χ3v) is 8.30. The van der Waals surface area contributed by atoms with Gasteiger partial charge < -0.3 is 5.11 Å². The number of thioether (sulfide) groups is 2. The van der Waals surface area contributed by atoms with E-state index in [0.29, 0.717) is 10.00 Å². The smallest absolute Gasteiger partial charge is 0.0686 e. The fourth-order valence-corrected chi connectivity index (χ4v) is 6.80. The van der Waals surface area contributed by atoms with Gasteiger partial charge in [0.15, 0.2) is 0 Å². The molecule has 0 unspecified atom stereocenters. The van der Waals surface area contributed by atoms with Crippen molar-refractivity contribution in [3.63, 3.8) is 0 Å². The Morgan fingerprint density at radius 1 is 1.14 bits per heavy atom. The first-order chi connectivity index (χ1) is 9.85. The fourth-order valence-electron chi connectivity index (χ4n) is 3.40. The van der Waals surface area contributed by atoms with Gasteiger partial charge in [-0.05, 0) is 71.3 Å². The Labute approximate surface area is 139 Å². The summed E-state index contributed by atoms with van der Waals surface area (Å²) in [6, 6.07) is 0.